The quantitative estimate of drug-likeness (QED) is 0.685. The van der Waals surface area contributed by atoms with Crippen molar-refractivity contribution in [2.24, 2.45) is 5.92 Å². The molecule has 0 unspecified atom stereocenters. The summed E-state index contributed by atoms with van der Waals surface area (Å²) in [4.78, 5) is 0. The van der Waals surface area contributed by atoms with Crippen molar-refractivity contribution in [2.45, 2.75) is 40.3 Å². The number of aryl methyl sites for hydroxylation is 1. The molecule has 0 saturated carbocycles. The van der Waals surface area contributed by atoms with E-state index in [2.05, 4.69) is 61.1 Å². The molecule has 116 valence electrons. The first-order valence-corrected chi connectivity index (χ1v) is 9.23. The van der Waals surface area contributed by atoms with Gasteiger partial charge in [-0.05, 0) is 48.1 Å². The molecule has 1 aromatic carbocycles. The number of nitrogens with one attached hydrogen (secondary N) is 1. The topological polar surface area (TPSA) is 17.0 Å². The second-order valence-electron chi connectivity index (χ2n) is 5.93. The van der Waals surface area contributed by atoms with Gasteiger partial charge in [0.25, 0.3) is 0 Å². The SMILES string of the molecule is CCSCCCn1ccc2c(CNCC(C)C)cccc21. The van der Waals surface area contributed by atoms with Crippen molar-refractivity contribution in [2.75, 3.05) is 18.1 Å². The third-order valence-electron chi connectivity index (χ3n) is 3.66. The molecule has 0 aliphatic rings. The molecule has 0 bridgehead atoms. The van der Waals surface area contributed by atoms with E-state index < -0.39 is 0 Å². The van der Waals surface area contributed by atoms with Gasteiger partial charge in [0.1, 0.15) is 0 Å². The first-order chi connectivity index (χ1) is 10.2. The molecule has 0 aliphatic carbocycles. The Morgan fingerprint density at radius 2 is 2.10 bits per heavy atom. The monoisotopic (exact) mass is 304 g/mol. The summed E-state index contributed by atoms with van der Waals surface area (Å²) in [7, 11) is 0. The highest BCUT2D eigenvalue weighted by Crippen LogP contribution is 2.21. The summed E-state index contributed by atoms with van der Waals surface area (Å²) in [5.74, 6) is 3.18. The van der Waals surface area contributed by atoms with Gasteiger partial charge < -0.3 is 9.88 Å². The van der Waals surface area contributed by atoms with Crippen LogP contribution in [-0.2, 0) is 13.1 Å². The largest absolute Gasteiger partial charge is 0.347 e. The maximum atomic E-state index is 3.55. The van der Waals surface area contributed by atoms with E-state index in [0.29, 0.717) is 5.92 Å². The second kappa shape index (κ2) is 8.50. The highest BCUT2D eigenvalue weighted by Gasteiger charge is 2.05. The molecule has 2 nitrogen and oxygen atoms in total. The van der Waals surface area contributed by atoms with Gasteiger partial charge in [0.2, 0.25) is 0 Å². The zero-order chi connectivity index (χ0) is 15.1. The van der Waals surface area contributed by atoms with E-state index in [-0.39, 0.29) is 0 Å². The fourth-order valence-electron chi connectivity index (χ4n) is 2.61. The lowest BCUT2D eigenvalue weighted by Crippen LogP contribution is -2.19. The summed E-state index contributed by atoms with van der Waals surface area (Å²) in [6.45, 7) is 9.89. The maximum absolute atomic E-state index is 3.55. The molecule has 0 saturated heterocycles. The van der Waals surface area contributed by atoms with Crippen LogP contribution in [0.1, 0.15) is 32.8 Å². The fraction of sp³-hybridized carbons (Fsp3) is 0.556. The van der Waals surface area contributed by atoms with Gasteiger partial charge >= 0.3 is 0 Å². The van der Waals surface area contributed by atoms with Crippen LogP contribution in [0.25, 0.3) is 10.9 Å². The average Bonchev–Trinajstić information content (AvgIpc) is 2.87. The Labute approximate surface area is 133 Å². The molecule has 3 heteroatoms. The van der Waals surface area contributed by atoms with Gasteiger partial charge in [-0.3, -0.25) is 0 Å². The van der Waals surface area contributed by atoms with Crippen LogP contribution in [0.2, 0.25) is 0 Å². The van der Waals surface area contributed by atoms with E-state index in [1.165, 1.54) is 34.4 Å². The molecule has 0 radical (unpaired) electrons. The van der Waals surface area contributed by atoms with Crippen LogP contribution in [0.3, 0.4) is 0 Å². The Hall–Kier alpha value is -0.930. The highest BCUT2D eigenvalue weighted by molar-refractivity contribution is 7.99. The number of aromatic nitrogens is 1. The van der Waals surface area contributed by atoms with E-state index in [9.17, 15) is 0 Å². The molecule has 21 heavy (non-hydrogen) atoms. The lowest BCUT2D eigenvalue weighted by atomic mass is 10.1. The number of thioether (sulfide) groups is 1. The summed E-state index contributed by atoms with van der Waals surface area (Å²) in [5.41, 5.74) is 2.79. The Morgan fingerprint density at radius 1 is 1.24 bits per heavy atom. The van der Waals surface area contributed by atoms with Gasteiger partial charge in [-0.1, -0.05) is 32.9 Å². The third kappa shape index (κ3) is 4.79. The zero-order valence-electron chi connectivity index (χ0n) is 13.6. The Kier molecular flexibility index (Phi) is 6.65. The van der Waals surface area contributed by atoms with Gasteiger partial charge in [0, 0.05) is 30.2 Å². The van der Waals surface area contributed by atoms with Gasteiger partial charge in [0.05, 0.1) is 0 Å². The van der Waals surface area contributed by atoms with Crippen LogP contribution in [0, 0.1) is 5.92 Å². The predicted molar refractivity (Wildman–Crippen MR) is 96.1 cm³/mol. The molecule has 0 spiro atoms. The molecular formula is C18H28N2S. The van der Waals surface area contributed by atoms with Crippen LogP contribution < -0.4 is 5.32 Å². The fourth-order valence-corrected chi connectivity index (χ4v) is 3.23. The number of hydrogen-bond donors (Lipinski definition) is 1. The van der Waals surface area contributed by atoms with E-state index in [0.717, 1.165) is 19.6 Å². The third-order valence-corrected chi connectivity index (χ3v) is 4.65. The average molecular weight is 305 g/mol. The van der Waals surface area contributed by atoms with E-state index >= 15 is 0 Å². The predicted octanol–water partition coefficient (Wildman–Crippen LogP) is 4.53. The molecule has 0 amide bonds. The number of benzene rings is 1. The Morgan fingerprint density at radius 3 is 2.86 bits per heavy atom. The van der Waals surface area contributed by atoms with Crippen LogP contribution in [0.4, 0.5) is 0 Å². The number of nitrogens with zero attached hydrogens (tertiary/aromatic N) is 1. The number of rotatable bonds is 9. The van der Waals surface area contributed by atoms with Crippen molar-refractivity contribution in [3.05, 3.63) is 36.0 Å². The summed E-state index contributed by atoms with van der Waals surface area (Å²) in [6, 6.07) is 8.95. The lowest BCUT2D eigenvalue weighted by Gasteiger charge is -2.10. The Balaban J connectivity index is 2.02. The maximum Gasteiger partial charge on any atom is 0.0483 e. The first kappa shape index (κ1) is 16.4. The first-order valence-electron chi connectivity index (χ1n) is 8.07. The standard InChI is InChI=1S/C18H28N2S/c1-4-21-12-6-10-20-11-9-17-16(7-5-8-18(17)20)14-19-13-15(2)3/h5,7-9,11,15,19H,4,6,10,12-14H2,1-3H3. The minimum Gasteiger partial charge on any atom is -0.347 e. The van der Waals surface area contributed by atoms with Gasteiger partial charge in [0.15, 0.2) is 0 Å². The van der Waals surface area contributed by atoms with E-state index in [1.54, 1.807) is 0 Å². The summed E-state index contributed by atoms with van der Waals surface area (Å²) >= 11 is 2.03. The van der Waals surface area contributed by atoms with Crippen LogP contribution >= 0.6 is 11.8 Å². The van der Waals surface area contributed by atoms with E-state index in [1.807, 2.05) is 11.8 Å². The Bertz CT molecular complexity index is 545. The molecule has 2 aromatic rings. The van der Waals surface area contributed by atoms with Crippen molar-refractivity contribution in [3.8, 4) is 0 Å². The van der Waals surface area contributed by atoms with Crippen molar-refractivity contribution >= 4 is 22.7 Å². The van der Waals surface area contributed by atoms with Gasteiger partial charge in [-0.2, -0.15) is 11.8 Å². The van der Waals surface area contributed by atoms with Crippen molar-refractivity contribution < 1.29 is 0 Å². The molecule has 1 N–H and O–H groups in total. The lowest BCUT2D eigenvalue weighted by molar-refractivity contribution is 0.553. The van der Waals surface area contributed by atoms with E-state index in [4.69, 9.17) is 0 Å². The molecule has 0 fully saturated rings. The molecule has 1 heterocycles. The van der Waals surface area contributed by atoms with Gasteiger partial charge in [-0.25, -0.2) is 0 Å². The number of hydrogen-bond acceptors (Lipinski definition) is 2. The molecule has 1 aromatic heterocycles. The minimum absolute atomic E-state index is 0.699. The van der Waals surface area contributed by atoms with Crippen molar-refractivity contribution in [1.29, 1.82) is 0 Å². The molecule has 0 atom stereocenters. The normalized spacial score (nSPS) is 11.6. The molecule has 2 rings (SSSR count). The zero-order valence-corrected chi connectivity index (χ0v) is 14.4. The van der Waals surface area contributed by atoms with Crippen LogP contribution in [-0.4, -0.2) is 22.6 Å². The summed E-state index contributed by atoms with van der Waals surface area (Å²) in [6.07, 6.45) is 3.49. The number of fused-ring (bicyclic) bond motifs is 1. The second-order valence-corrected chi connectivity index (χ2v) is 7.33. The van der Waals surface area contributed by atoms with Crippen molar-refractivity contribution in [1.82, 2.24) is 9.88 Å². The van der Waals surface area contributed by atoms with Crippen LogP contribution in [0.15, 0.2) is 30.5 Å². The highest BCUT2D eigenvalue weighted by atomic mass is 32.2. The smallest absolute Gasteiger partial charge is 0.0483 e. The summed E-state index contributed by atoms with van der Waals surface area (Å²) < 4.78 is 2.40. The summed E-state index contributed by atoms with van der Waals surface area (Å²) in [5, 5.41) is 4.95. The molecular weight excluding hydrogens is 276 g/mol. The van der Waals surface area contributed by atoms with Crippen molar-refractivity contribution in [3.63, 3.8) is 0 Å². The van der Waals surface area contributed by atoms with Crippen LogP contribution in [0.5, 0.6) is 0 Å². The minimum atomic E-state index is 0.699. The van der Waals surface area contributed by atoms with Gasteiger partial charge in [-0.15, -0.1) is 0 Å². The molecule has 0 aliphatic heterocycles.